The van der Waals surface area contributed by atoms with Crippen molar-refractivity contribution in [3.63, 3.8) is 0 Å². The summed E-state index contributed by atoms with van der Waals surface area (Å²) in [5.41, 5.74) is 0.494. The Bertz CT molecular complexity index is 657. The van der Waals surface area contributed by atoms with Crippen molar-refractivity contribution in [3.05, 3.63) is 54.1 Å². The van der Waals surface area contributed by atoms with Crippen molar-refractivity contribution in [2.75, 3.05) is 27.4 Å². The Balaban J connectivity index is 1.79. The number of para-hydroxylation sites is 2. The van der Waals surface area contributed by atoms with Crippen LogP contribution in [0.5, 0.6) is 17.2 Å². The van der Waals surface area contributed by atoms with Crippen molar-refractivity contribution in [2.24, 2.45) is 0 Å². The zero-order valence-corrected chi connectivity index (χ0v) is 13.7. The van der Waals surface area contributed by atoms with Crippen LogP contribution in [0, 0.1) is 0 Å². The Morgan fingerprint density at radius 1 is 1.04 bits per heavy atom. The number of rotatable bonds is 8. The summed E-state index contributed by atoms with van der Waals surface area (Å²) in [7, 11) is 3.11. The van der Waals surface area contributed by atoms with Gasteiger partial charge >= 0.3 is 0 Å². The highest BCUT2D eigenvalue weighted by Gasteiger charge is 2.11. The number of ether oxygens (including phenoxy) is 3. The molecule has 0 bridgehead atoms. The summed E-state index contributed by atoms with van der Waals surface area (Å²) in [5, 5.41) is 12.6. The summed E-state index contributed by atoms with van der Waals surface area (Å²) >= 11 is 0. The van der Waals surface area contributed by atoms with Gasteiger partial charge in [0.1, 0.15) is 18.5 Å². The van der Waals surface area contributed by atoms with Gasteiger partial charge in [0, 0.05) is 12.1 Å². The summed E-state index contributed by atoms with van der Waals surface area (Å²) < 4.78 is 15.7. The summed E-state index contributed by atoms with van der Waals surface area (Å²) in [6, 6.07) is 13.9. The van der Waals surface area contributed by atoms with E-state index in [0.717, 1.165) is 0 Å². The molecule has 0 aliphatic rings. The minimum Gasteiger partial charge on any atom is -0.497 e. The fourth-order valence-electron chi connectivity index (χ4n) is 2.04. The second-order valence-corrected chi connectivity index (χ2v) is 5.05. The zero-order valence-electron chi connectivity index (χ0n) is 13.7. The molecule has 0 saturated carbocycles. The predicted molar refractivity (Wildman–Crippen MR) is 89.8 cm³/mol. The van der Waals surface area contributed by atoms with E-state index >= 15 is 0 Å². The van der Waals surface area contributed by atoms with E-state index in [1.807, 2.05) is 12.1 Å². The maximum Gasteiger partial charge on any atom is 0.251 e. The van der Waals surface area contributed by atoms with Crippen molar-refractivity contribution in [3.8, 4) is 17.2 Å². The van der Waals surface area contributed by atoms with Crippen molar-refractivity contribution in [1.29, 1.82) is 0 Å². The number of carbonyl (C=O) groups is 1. The molecule has 0 aromatic heterocycles. The topological polar surface area (TPSA) is 77.0 Å². The van der Waals surface area contributed by atoms with Gasteiger partial charge in [0.25, 0.3) is 5.91 Å². The van der Waals surface area contributed by atoms with Crippen LogP contribution in [0.2, 0.25) is 0 Å². The molecule has 0 heterocycles. The zero-order chi connectivity index (χ0) is 17.4. The number of benzene rings is 2. The molecule has 0 spiro atoms. The molecular formula is C18H21NO5. The smallest absolute Gasteiger partial charge is 0.251 e. The van der Waals surface area contributed by atoms with Gasteiger partial charge in [-0.1, -0.05) is 12.1 Å². The van der Waals surface area contributed by atoms with Crippen molar-refractivity contribution in [2.45, 2.75) is 6.10 Å². The normalized spacial score (nSPS) is 11.5. The fourth-order valence-corrected chi connectivity index (χ4v) is 2.04. The van der Waals surface area contributed by atoms with Crippen LogP contribution < -0.4 is 19.5 Å². The Morgan fingerprint density at radius 2 is 1.71 bits per heavy atom. The quantitative estimate of drug-likeness (QED) is 0.772. The average molecular weight is 331 g/mol. The van der Waals surface area contributed by atoms with E-state index in [2.05, 4.69) is 5.32 Å². The molecule has 0 aliphatic heterocycles. The third-order valence-electron chi connectivity index (χ3n) is 3.35. The monoisotopic (exact) mass is 331 g/mol. The number of nitrogens with one attached hydrogen (secondary N) is 1. The number of aliphatic hydroxyl groups excluding tert-OH is 1. The van der Waals surface area contributed by atoms with Crippen LogP contribution in [0.4, 0.5) is 0 Å². The van der Waals surface area contributed by atoms with Crippen LogP contribution in [0.25, 0.3) is 0 Å². The first-order valence-corrected chi connectivity index (χ1v) is 7.50. The van der Waals surface area contributed by atoms with Crippen LogP contribution in [0.1, 0.15) is 10.4 Å². The SMILES string of the molecule is COc1ccc(C(=O)NCC(O)COc2ccccc2OC)cc1. The van der Waals surface area contributed by atoms with Gasteiger partial charge in [0.05, 0.1) is 14.2 Å². The van der Waals surface area contributed by atoms with E-state index in [9.17, 15) is 9.90 Å². The van der Waals surface area contributed by atoms with E-state index in [-0.39, 0.29) is 19.1 Å². The third kappa shape index (κ3) is 4.89. The Morgan fingerprint density at radius 3 is 2.33 bits per heavy atom. The molecule has 0 fully saturated rings. The molecule has 2 rings (SSSR count). The molecule has 1 unspecified atom stereocenters. The van der Waals surface area contributed by atoms with Crippen molar-refractivity contribution < 1.29 is 24.1 Å². The molecule has 1 atom stereocenters. The van der Waals surface area contributed by atoms with E-state index in [1.165, 1.54) is 0 Å². The minimum atomic E-state index is -0.836. The molecule has 1 amide bonds. The highest BCUT2D eigenvalue weighted by Crippen LogP contribution is 2.25. The first kappa shape index (κ1) is 17.6. The molecule has 0 saturated heterocycles. The van der Waals surface area contributed by atoms with Gasteiger partial charge in [-0.25, -0.2) is 0 Å². The Hall–Kier alpha value is -2.73. The van der Waals surface area contributed by atoms with Gasteiger partial charge < -0.3 is 24.6 Å². The summed E-state index contributed by atoms with van der Waals surface area (Å²) in [6.45, 7) is 0.128. The van der Waals surface area contributed by atoms with Crippen molar-refractivity contribution in [1.82, 2.24) is 5.32 Å². The molecule has 6 nitrogen and oxygen atoms in total. The summed E-state index contributed by atoms with van der Waals surface area (Å²) in [4.78, 5) is 12.0. The van der Waals surface area contributed by atoms with E-state index in [0.29, 0.717) is 22.8 Å². The van der Waals surface area contributed by atoms with Gasteiger partial charge in [0.15, 0.2) is 11.5 Å². The Kier molecular flexibility index (Phi) is 6.45. The Labute approximate surface area is 141 Å². The van der Waals surface area contributed by atoms with Gasteiger partial charge in [-0.05, 0) is 36.4 Å². The third-order valence-corrected chi connectivity index (χ3v) is 3.35. The van der Waals surface area contributed by atoms with Gasteiger partial charge in [-0.2, -0.15) is 0 Å². The molecule has 6 heteroatoms. The van der Waals surface area contributed by atoms with E-state index < -0.39 is 6.10 Å². The van der Waals surface area contributed by atoms with Crippen LogP contribution in [0.3, 0.4) is 0 Å². The maximum absolute atomic E-state index is 12.0. The second-order valence-electron chi connectivity index (χ2n) is 5.05. The highest BCUT2D eigenvalue weighted by atomic mass is 16.5. The fraction of sp³-hybridized carbons (Fsp3) is 0.278. The van der Waals surface area contributed by atoms with Crippen LogP contribution in [-0.4, -0.2) is 44.5 Å². The molecule has 24 heavy (non-hydrogen) atoms. The number of hydrogen-bond acceptors (Lipinski definition) is 5. The second kappa shape index (κ2) is 8.79. The number of amides is 1. The van der Waals surface area contributed by atoms with Crippen LogP contribution in [0.15, 0.2) is 48.5 Å². The first-order valence-electron chi connectivity index (χ1n) is 7.50. The minimum absolute atomic E-state index is 0.0449. The molecule has 128 valence electrons. The largest absolute Gasteiger partial charge is 0.497 e. The molecule has 0 aliphatic carbocycles. The van der Waals surface area contributed by atoms with Gasteiger partial charge in [0.2, 0.25) is 0 Å². The molecule has 2 aromatic rings. The number of hydrogen-bond donors (Lipinski definition) is 2. The highest BCUT2D eigenvalue weighted by molar-refractivity contribution is 5.94. The number of aliphatic hydroxyl groups is 1. The average Bonchev–Trinajstić information content (AvgIpc) is 2.64. The summed E-state index contributed by atoms with van der Waals surface area (Å²) in [5.74, 6) is 1.54. The molecule has 2 aromatic carbocycles. The number of methoxy groups -OCH3 is 2. The lowest BCUT2D eigenvalue weighted by Crippen LogP contribution is -2.35. The van der Waals surface area contributed by atoms with Gasteiger partial charge in [-0.15, -0.1) is 0 Å². The van der Waals surface area contributed by atoms with Crippen molar-refractivity contribution >= 4 is 5.91 Å². The van der Waals surface area contributed by atoms with E-state index in [1.54, 1.807) is 50.6 Å². The molecule has 2 N–H and O–H groups in total. The summed E-state index contributed by atoms with van der Waals surface area (Å²) in [6.07, 6.45) is -0.836. The standard InChI is InChI=1S/C18H21NO5/c1-22-15-9-7-13(8-10-15)18(21)19-11-14(20)12-24-17-6-4-3-5-16(17)23-2/h3-10,14,20H,11-12H2,1-2H3,(H,19,21). The first-order chi connectivity index (χ1) is 11.6. The van der Waals surface area contributed by atoms with E-state index in [4.69, 9.17) is 14.2 Å². The lowest BCUT2D eigenvalue weighted by molar-refractivity contribution is 0.0839. The molecule has 0 radical (unpaired) electrons. The molecular weight excluding hydrogens is 310 g/mol. The predicted octanol–water partition coefficient (Wildman–Crippen LogP) is 1.87. The maximum atomic E-state index is 12.0. The number of carbonyl (C=O) groups excluding carboxylic acids is 1. The van der Waals surface area contributed by atoms with Gasteiger partial charge in [-0.3, -0.25) is 4.79 Å². The lowest BCUT2D eigenvalue weighted by atomic mass is 10.2. The van der Waals surface area contributed by atoms with Crippen LogP contribution in [-0.2, 0) is 0 Å². The van der Waals surface area contributed by atoms with Crippen LogP contribution >= 0.6 is 0 Å². The lowest BCUT2D eigenvalue weighted by Gasteiger charge is -2.15.